The number of rotatable bonds is 15. The molecule has 4 aliphatic rings. The van der Waals surface area contributed by atoms with Crippen molar-refractivity contribution in [3.8, 4) is 0 Å². The van der Waals surface area contributed by atoms with Gasteiger partial charge in [0.15, 0.2) is 0 Å². The maximum Gasteiger partial charge on any atom is 0.307 e. The van der Waals surface area contributed by atoms with Gasteiger partial charge in [-0.15, -0.1) is 0 Å². The predicted molar refractivity (Wildman–Crippen MR) is 178 cm³/mol. The van der Waals surface area contributed by atoms with E-state index in [-0.39, 0.29) is 110 Å². The number of esters is 3. The van der Waals surface area contributed by atoms with E-state index >= 15 is 0 Å². The Hall–Kier alpha value is -1.75. The summed E-state index contributed by atoms with van der Waals surface area (Å²) in [6, 6.07) is 0. The van der Waals surface area contributed by atoms with Gasteiger partial charge in [0.2, 0.25) is 0 Å². The van der Waals surface area contributed by atoms with Crippen molar-refractivity contribution in [2.75, 3.05) is 39.8 Å². The van der Waals surface area contributed by atoms with Gasteiger partial charge in [0.05, 0.1) is 19.3 Å². The van der Waals surface area contributed by atoms with Crippen LogP contribution in [0.4, 0.5) is 0 Å². The minimum atomic E-state index is -0.247. The Labute approximate surface area is 277 Å². The lowest BCUT2D eigenvalue weighted by molar-refractivity contribution is -0.225. The summed E-state index contributed by atoms with van der Waals surface area (Å²) in [4.78, 5) is 41.0. The summed E-state index contributed by atoms with van der Waals surface area (Å²) < 4.78 is 18.7. The Kier molecular flexibility index (Phi) is 13.0. The number of nitrogens with two attached hydrogens (primary N) is 3. The van der Waals surface area contributed by atoms with Gasteiger partial charge in [-0.1, -0.05) is 27.7 Å². The third kappa shape index (κ3) is 7.76. The van der Waals surface area contributed by atoms with Crippen LogP contribution in [0.15, 0.2) is 0 Å². The lowest BCUT2D eigenvalue weighted by Crippen LogP contribution is -2.63. The number of nitrogens with zero attached hydrogens (tertiary/aromatic N) is 1. The Bertz CT molecular complexity index is 1040. The highest BCUT2D eigenvalue weighted by atomic mass is 16.6. The first-order valence-corrected chi connectivity index (χ1v) is 18.3. The van der Waals surface area contributed by atoms with Crippen molar-refractivity contribution in [2.45, 2.75) is 123 Å². The summed E-state index contributed by atoms with van der Waals surface area (Å²) in [5, 5.41) is 0. The van der Waals surface area contributed by atoms with Gasteiger partial charge in [-0.05, 0) is 113 Å². The highest BCUT2D eigenvalue weighted by Gasteiger charge is 2.67. The average Bonchev–Trinajstić information content (AvgIpc) is 3.36. The number of carbonyl (C=O) groups is 3. The van der Waals surface area contributed by atoms with Crippen LogP contribution in [0, 0.1) is 46.3 Å². The van der Waals surface area contributed by atoms with Crippen LogP contribution in [-0.4, -0.2) is 80.9 Å². The van der Waals surface area contributed by atoms with Crippen LogP contribution in [0.25, 0.3) is 0 Å². The summed E-state index contributed by atoms with van der Waals surface area (Å²) in [5.74, 6) is 1.06. The molecule has 0 aromatic carbocycles. The standard InChI is InChI=1S/C36H64N4O6/c1-6-40(5)19-7-8-23(2)26-9-10-27-34-28(22-30(36(26,27)4)46-33(43)14-18-39)35(3)15-11-25(44-31(41)12-16-37)20-24(35)21-29(34)45-32(42)13-17-38/h23-30,34H,6-22,37-39H2,1-5H3/t23-,24?,25-,26?,27+,28+,29?,30+,34?,35+,36?/m1/s1. The molecule has 0 saturated heterocycles. The van der Waals surface area contributed by atoms with E-state index in [0.717, 1.165) is 70.9 Å². The van der Waals surface area contributed by atoms with Gasteiger partial charge >= 0.3 is 17.9 Å². The highest BCUT2D eigenvalue weighted by Crippen LogP contribution is 2.69. The summed E-state index contributed by atoms with van der Waals surface area (Å²) in [7, 11) is 2.17. The average molecular weight is 649 g/mol. The van der Waals surface area contributed by atoms with Crippen LogP contribution in [0.2, 0.25) is 0 Å². The van der Waals surface area contributed by atoms with Gasteiger partial charge in [-0.3, -0.25) is 14.4 Å². The van der Waals surface area contributed by atoms with Crippen molar-refractivity contribution in [2.24, 2.45) is 63.5 Å². The molecule has 0 amide bonds. The molecule has 0 heterocycles. The molecule has 10 nitrogen and oxygen atoms in total. The molecule has 4 fully saturated rings. The van der Waals surface area contributed by atoms with Gasteiger partial charge in [0.25, 0.3) is 0 Å². The molecule has 5 unspecified atom stereocenters. The molecular formula is C36H64N4O6. The van der Waals surface area contributed by atoms with Crippen LogP contribution in [0.1, 0.15) is 105 Å². The Morgan fingerprint density at radius 1 is 0.848 bits per heavy atom. The van der Waals surface area contributed by atoms with E-state index in [1.54, 1.807) is 0 Å². The van der Waals surface area contributed by atoms with Crippen molar-refractivity contribution in [1.82, 2.24) is 4.90 Å². The molecule has 264 valence electrons. The van der Waals surface area contributed by atoms with E-state index in [4.69, 9.17) is 31.4 Å². The van der Waals surface area contributed by atoms with Gasteiger partial charge in [0, 0.05) is 31.0 Å². The quantitative estimate of drug-likeness (QED) is 0.175. The second-order valence-electron chi connectivity index (χ2n) is 15.5. The minimum absolute atomic E-state index is 0.0491. The van der Waals surface area contributed by atoms with Crippen molar-refractivity contribution in [3.63, 3.8) is 0 Å². The zero-order chi connectivity index (χ0) is 33.6. The largest absolute Gasteiger partial charge is 0.462 e. The first kappa shape index (κ1) is 37.1. The lowest BCUT2D eigenvalue weighted by atomic mass is 9.43. The third-order valence-electron chi connectivity index (χ3n) is 13.1. The van der Waals surface area contributed by atoms with E-state index in [0.29, 0.717) is 11.8 Å². The Morgan fingerprint density at radius 2 is 1.48 bits per heavy atom. The SMILES string of the molecule is CCN(C)CCC[C@@H](C)C1CC[C@H]2C3C(OC(=O)CCN)CC4C[C@H](OC(=O)CCN)CC[C@]4(C)[C@H]3C[C@H](OC(=O)CCN)C12C. The molecule has 4 rings (SSSR count). The van der Waals surface area contributed by atoms with Crippen molar-refractivity contribution in [3.05, 3.63) is 0 Å². The second kappa shape index (κ2) is 16.1. The van der Waals surface area contributed by atoms with Gasteiger partial charge in [-0.2, -0.15) is 0 Å². The predicted octanol–water partition coefficient (Wildman–Crippen LogP) is 4.01. The maximum absolute atomic E-state index is 13.2. The van der Waals surface area contributed by atoms with Crippen LogP contribution < -0.4 is 17.2 Å². The molecule has 0 radical (unpaired) electrons. The molecule has 10 heteroatoms. The number of hydrogen-bond acceptors (Lipinski definition) is 10. The number of fused-ring (bicyclic) bond motifs is 5. The van der Waals surface area contributed by atoms with Crippen LogP contribution >= 0.6 is 0 Å². The molecule has 0 aromatic rings. The van der Waals surface area contributed by atoms with Crippen molar-refractivity contribution in [1.29, 1.82) is 0 Å². The van der Waals surface area contributed by atoms with Crippen LogP contribution in [0.3, 0.4) is 0 Å². The second-order valence-corrected chi connectivity index (χ2v) is 15.5. The fourth-order valence-electron chi connectivity index (χ4n) is 10.6. The third-order valence-corrected chi connectivity index (χ3v) is 13.1. The van der Waals surface area contributed by atoms with Crippen molar-refractivity contribution >= 4 is 17.9 Å². The Morgan fingerprint density at radius 3 is 2.11 bits per heavy atom. The van der Waals surface area contributed by atoms with Crippen LogP contribution in [0.5, 0.6) is 0 Å². The summed E-state index contributed by atoms with van der Waals surface area (Å²) >= 11 is 0. The molecule has 4 aliphatic carbocycles. The normalized spacial score (nSPS) is 37.5. The topological polar surface area (TPSA) is 160 Å². The zero-order valence-electron chi connectivity index (χ0n) is 29.3. The summed E-state index contributed by atoms with van der Waals surface area (Å²) in [6.07, 6.45) is 8.38. The molecule has 0 spiro atoms. The fourth-order valence-corrected chi connectivity index (χ4v) is 10.6. The van der Waals surface area contributed by atoms with Gasteiger partial charge in [-0.25, -0.2) is 0 Å². The molecule has 0 aliphatic heterocycles. The first-order chi connectivity index (χ1) is 21.9. The lowest BCUT2D eigenvalue weighted by Gasteiger charge is -2.64. The van der Waals surface area contributed by atoms with E-state index in [9.17, 15) is 14.4 Å². The summed E-state index contributed by atoms with van der Waals surface area (Å²) in [5.41, 5.74) is 16.9. The maximum atomic E-state index is 13.2. The molecular weight excluding hydrogens is 584 g/mol. The monoisotopic (exact) mass is 648 g/mol. The van der Waals surface area contributed by atoms with Gasteiger partial charge < -0.3 is 36.3 Å². The molecule has 46 heavy (non-hydrogen) atoms. The van der Waals surface area contributed by atoms with E-state index in [1.165, 1.54) is 0 Å². The van der Waals surface area contributed by atoms with E-state index < -0.39 is 0 Å². The number of ether oxygens (including phenoxy) is 3. The zero-order valence-corrected chi connectivity index (χ0v) is 29.3. The molecule has 6 N–H and O–H groups in total. The number of hydrogen-bond donors (Lipinski definition) is 3. The molecule has 11 atom stereocenters. The van der Waals surface area contributed by atoms with E-state index in [2.05, 4.69) is 39.6 Å². The molecule has 0 bridgehead atoms. The van der Waals surface area contributed by atoms with E-state index in [1.807, 2.05) is 0 Å². The first-order valence-electron chi connectivity index (χ1n) is 18.3. The molecule has 4 saturated carbocycles. The Balaban J connectivity index is 1.68. The highest BCUT2D eigenvalue weighted by molar-refractivity contribution is 5.70. The van der Waals surface area contributed by atoms with Crippen molar-refractivity contribution < 1.29 is 28.6 Å². The smallest absolute Gasteiger partial charge is 0.307 e. The minimum Gasteiger partial charge on any atom is -0.462 e. The van der Waals surface area contributed by atoms with Gasteiger partial charge in [0.1, 0.15) is 18.3 Å². The molecule has 0 aromatic heterocycles. The van der Waals surface area contributed by atoms with Crippen LogP contribution in [-0.2, 0) is 28.6 Å². The number of carbonyl (C=O) groups excluding carboxylic acids is 3. The summed E-state index contributed by atoms with van der Waals surface area (Å²) in [6.45, 7) is 12.3. The fraction of sp³-hybridized carbons (Fsp3) is 0.917.